The van der Waals surface area contributed by atoms with Crippen molar-refractivity contribution in [1.82, 2.24) is 5.32 Å². The van der Waals surface area contributed by atoms with Gasteiger partial charge in [-0.05, 0) is 60.7 Å². The molecule has 0 aliphatic carbocycles. The number of ether oxygens (including phenoxy) is 1. The number of alkyl halides is 3. The van der Waals surface area contributed by atoms with Gasteiger partial charge in [-0.2, -0.15) is 13.2 Å². The van der Waals surface area contributed by atoms with Gasteiger partial charge >= 0.3 is 12.2 Å². The van der Waals surface area contributed by atoms with Crippen LogP contribution in [0, 0.1) is 0 Å². The summed E-state index contributed by atoms with van der Waals surface area (Å²) >= 11 is 0. The number of anilines is 2. The molecule has 2 aromatic carbocycles. The van der Waals surface area contributed by atoms with Crippen molar-refractivity contribution in [2.75, 3.05) is 30.0 Å². The van der Waals surface area contributed by atoms with Crippen molar-refractivity contribution in [2.45, 2.75) is 43.5 Å². The summed E-state index contributed by atoms with van der Waals surface area (Å²) in [6, 6.07) is 9.86. The van der Waals surface area contributed by atoms with E-state index < -0.39 is 29.9 Å². The summed E-state index contributed by atoms with van der Waals surface area (Å²) in [6.45, 7) is 1.56. The maximum absolute atomic E-state index is 13.0. The van der Waals surface area contributed by atoms with Crippen LogP contribution in [0.3, 0.4) is 0 Å². The van der Waals surface area contributed by atoms with Gasteiger partial charge in [-0.1, -0.05) is 12.1 Å². The molecule has 2 aromatic rings. The molecule has 0 saturated carbocycles. The Hall–Kier alpha value is -3.11. The van der Waals surface area contributed by atoms with Crippen LogP contribution in [-0.4, -0.2) is 48.9 Å². The Morgan fingerprint density at radius 1 is 1.03 bits per heavy atom. The molecule has 182 valence electrons. The summed E-state index contributed by atoms with van der Waals surface area (Å²) in [5.74, 6) is 0.0421. The molecule has 0 unspecified atom stereocenters. The van der Waals surface area contributed by atoms with Crippen molar-refractivity contribution in [1.29, 1.82) is 0 Å². The van der Waals surface area contributed by atoms with Gasteiger partial charge < -0.3 is 25.4 Å². The molecule has 0 bridgehead atoms. The highest BCUT2D eigenvalue weighted by atomic mass is 19.4. The highest BCUT2D eigenvalue weighted by Gasteiger charge is 2.35. The quantitative estimate of drug-likeness (QED) is 0.623. The fraction of sp³-hybridized carbons (Fsp3) is 0.417. The number of carbonyl (C=O) groups excluding carboxylic acids is 2. The number of aliphatic hydroxyl groups excluding tert-OH is 1. The molecule has 2 atom stereocenters. The van der Waals surface area contributed by atoms with Crippen molar-refractivity contribution < 1.29 is 32.6 Å². The lowest BCUT2D eigenvalue weighted by atomic mass is 9.91. The average Bonchev–Trinajstić information content (AvgIpc) is 2.81. The first-order valence-corrected chi connectivity index (χ1v) is 11.1. The molecular weight excluding hydrogens is 451 g/mol. The highest BCUT2D eigenvalue weighted by molar-refractivity contribution is 6.01. The standard InChI is InChI=1S/C24H26F3N3O4/c25-24(26,27)17-3-5-18(6-4-17)28-23(33)29-21-13-20(31)14-30(22(21)32)19-7-1-15(2-8-19)16-9-11-34-12-10-16/h1-8,16,20-21,31H,9-14H2,(H2,28,29,33)/t20-,21-/m1/s1. The molecule has 2 aliphatic rings. The predicted molar refractivity (Wildman–Crippen MR) is 120 cm³/mol. The first kappa shape index (κ1) is 24.0. The molecule has 2 heterocycles. The van der Waals surface area contributed by atoms with Crippen molar-refractivity contribution in [3.8, 4) is 0 Å². The molecular formula is C24H26F3N3O4. The number of piperidine rings is 1. The Kier molecular flexibility index (Phi) is 7.08. The van der Waals surface area contributed by atoms with Crippen LogP contribution in [0.4, 0.5) is 29.3 Å². The molecule has 7 nitrogen and oxygen atoms in total. The maximum atomic E-state index is 13.0. The second-order valence-corrected chi connectivity index (χ2v) is 8.54. The van der Waals surface area contributed by atoms with E-state index in [1.165, 1.54) is 10.5 Å². The van der Waals surface area contributed by atoms with Gasteiger partial charge in [0.05, 0.1) is 18.2 Å². The zero-order valence-corrected chi connectivity index (χ0v) is 18.3. The summed E-state index contributed by atoms with van der Waals surface area (Å²) in [4.78, 5) is 26.8. The summed E-state index contributed by atoms with van der Waals surface area (Å²) in [5.41, 5.74) is 1.11. The summed E-state index contributed by atoms with van der Waals surface area (Å²) in [5, 5.41) is 15.3. The number of nitrogens with one attached hydrogen (secondary N) is 2. The topological polar surface area (TPSA) is 90.9 Å². The van der Waals surface area contributed by atoms with Gasteiger partial charge in [0.1, 0.15) is 6.04 Å². The van der Waals surface area contributed by atoms with Crippen LogP contribution >= 0.6 is 0 Å². The number of nitrogens with zero attached hydrogens (tertiary/aromatic N) is 1. The number of amides is 3. The van der Waals surface area contributed by atoms with Crippen molar-refractivity contribution in [3.63, 3.8) is 0 Å². The van der Waals surface area contributed by atoms with Gasteiger partial charge in [-0.15, -0.1) is 0 Å². The number of halogens is 3. The van der Waals surface area contributed by atoms with E-state index in [1.807, 2.05) is 24.3 Å². The van der Waals surface area contributed by atoms with Crippen molar-refractivity contribution >= 4 is 23.3 Å². The lowest BCUT2D eigenvalue weighted by Gasteiger charge is -2.35. The fourth-order valence-corrected chi connectivity index (χ4v) is 4.31. The SMILES string of the molecule is O=C(Nc1ccc(C(F)(F)F)cc1)N[C@@H]1C[C@@H](O)CN(c2ccc(C3CCOCC3)cc2)C1=O. The van der Waals surface area contributed by atoms with Crippen LogP contribution < -0.4 is 15.5 Å². The number of urea groups is 1. The minimum absolute atomic E-state index is 0.0376. The summed E-state index contributed by atoms with van der Waals surface area (Å²) < 4.78 is 43.5. The van der Waals surface area contributed by atoms with E-state index in [2.05, 4.69) is 10.6 Å². The van der Waals surface area contributed by atoms with Crippen LogP contribution in [0.1, 0.15) is 36.3 Å². The highest BCUT2D eigenvalue weighted by Crippen LogP contribution is 2.31. The normalized spacial score (nSPS) is 21.9. The van der Waals surface area contributed by atoms with E-state index in [4.69, 9.17) is 4.74 Å². The van der Waals surface area contributed by atoms with Gasteiger partial charge in [0, 0.05) is 31.0 Å². The number of benzene rings is 2. The molecule has 0 spiro atoms. The van der Waals surface area contributed by atoms with Gasteiger partial charge in [-0.3, -0.25) is 4.79 Å². The fourth-order valence-electron chi connectivity index (χ4n) is 4.31. The Labute approximate surface area is 194 Å². The van der Waals surface area contributed by atoms with Crippen molar-refractivity contribution in [2.24, 2.45) is 0 Å². The third kappa shape index (κ3) is 5.68. The van der Waals surface area contributed by atoms with Gasteiger partial charge in [0.25, 0.3) is 0 Å². The zero-order valence-electron chi connectivity index (χ0n) is 18.3. The van der Waals surface area contributed by atoms with Crippen LogP contribution in [-0.2, 0) is 15.7 Å². The first-order chi connectivity index (χ1) is 16.2. The molecule has 10 heteroatoms. The Morgan fingerprint density at radius 2 is 1.68 bits per heavy atom. The molecule has 0 radical (unpaired) electrons. The third-order valence-electron chi connectivity index (χ3n) is 6.14. The monoisotopic (exact) mass is 477 g/mol. The Balaban J connectivity index is 1.39. The van der Waals surface area contributed by atoms with Crippen LogP contribution in [0.5, 0.6) is 0 Å². The smallest absolute Gasteiger partial charge is 0.391 e. The Morgan fingerprint density at radius 3 is 2.29 bits per heavy atom. The molecule has 0 aromatic heterocycles. The second-order valence-electron chi connectivity index (χ2n) is 8.54. The number of hydrogen-bond acceptors (Lipinski definition) is 4. The lowest BCUT2D eigenvalue weighted by molar-refractivity contribution is -0.137. The van der Waals surface area contributed by atoms with E-state index in [0.717, 1.165) is 50.3 Å². The molecule has 34 heavy (non-hydrogen) atoms. The second kappa shape index (κ2) is 10.0. The number of carbonyl (C=O) groups is 2. The molecule has 2 saturated heterocycles. The minimum Gasteiger partial charge on any atom is -0.391 e. The zero-order chi connectivity index (χ0) is 24.3. The largest absolute Gasteiger partial charge is 0.416 e. The predicted octanol–water partition coefficient (Wildman–Crippen LogP) is 3.89. The first-order valence-electron chi connectivity index (χ1n) is 11.1. The summed E-state index contributed by atoms with van der Waals surface area (Å²) in [6.07, 6.45) is -3.39. The number of aliphatic hydroxyl groups is 1. The van der Waals surface area contributed by atoms with E-state index >= 15 is 0 Å². The van der Waals surface area contributed by atoms with Crippen LogP contribution in [0.25, 0.3) is 0 Å². The van der Waals surface area contributed by atoms with E-state index in [1.54, 1.807) is 0 Å². The minimum atomic E-state index is -4.47. The molecule has 3 N–H and O–H groups in total. The lowest BCUT2D eigenvalue weighted by Crippen LogP contribution is -2.57. The molecule has 2 aliphatic heterocycles. The van der Waals surface area contributed by atoms with Gasteiger partial charge in [0.2, 0.25) is 5.91 Å². The van der Waals surface area contributed by atoms with E-state index in [0.29, 0.717) is 11.6 Å². The Bertz CT molecular complexity index is 1010. The summed E-state index contributed by atoms with van der Waals surface area (Å²) in [7, 11) is 0. The maximum Gasteiger partial charge on any atom is 0.416 e. The van der Waals surface area contributed by atoms with Gasteiger partial charge in [0.15, 0.2) is 0 Å². The van der Waals surface area contributed by atoms with E-state index in [9.17, 15) is 27.9 Å². The van der Waals surface area contributed by atoms with Crippen LogP contribution in [0.15, 0.2) is 48.5 Å². The molecule has 3 amide bonds. The third-order valence-corrected chi connectivity index (χ3v) is 6.14. The van der Waals surface area contributed by atoms with Gasteiger partial charge in [-0.25, -0.2) is 4.79 Å². The van der Waals surface area contributed by atoms with E-state index in [-0.39, 0.29) is 24.6 Å². The van der Waals surface area contributed by atoms with Crippen molar-refractivity contribution in [3.05, 3.63) is 59.7 Å². The molecule has 2 fully saturated rings. The number of β-amino-alcohol motifs (C(OH)–C–C–N with tert-alkyl or cyclic N) is 1. The number of rotatable bonds is 4. The van der Waals surface area contributed by atoms with Crippen LogP contribution in [0.2, 0.25) is 0 Å². The average molecular weight is 477 g/mol. The molecule has 4 rings (SSSR count). The number of hydrogen-bond donors (Lipinski definition) is 3.